The van der Waals surface area contributed by atoms with Crippen molar-refractivity contribution in [3.63, 3.8) is 0 Å². The summed E-state index contributed by atoms with van der Waals surface area (Å²) in [4.78, 5) is 23.2. The van der Waals surface area contributed by atoms with E-state index in [1.54, 1.807) is 0 Å². The highest BCUT2D eigenvalue weighted by Gasteiger charge is 2.23. The summed E-state index contributed by atoms with van der Waals surface area (Å²) in [5.41, 5.74) is 2.43. The van der Waals surface area contributed by atoms with Crippen molar-refractivity contribution >= 4 is 11.8 Å². The van der Waals surface area contributed by atoms with Crippen molar-refractivity contribution in [2.45, 2.75) is 25.9 Å². The van der Waals surface area contributed by atoms with E-state index in [9.17, 15) is 9.59 Å². The predicted octanol–water partition coefficient (Wildman–Crippen LogP) is -0.0468. The molecule has 0 saturated carbocycles. The van der Waals surface area contributed by atoms with E-state index >= 15 is 0 Å². The number of likely N-dealkylation sites (N-methyl/N-ethyl adjacent to an activating group) is 1. The van der Waals surface area contributed by atoms with Crippen LogP contribution >= 0.6 is 0 Å². The van der Waals surface area contributed by atoms with Gasteiger partial charge in [0.15, 0.2) is 0 Å². The zero-order chi connectivity index (χ0) is 13.7. The van der Waals surface area contributed by atoms with E-state index in [1.165, 1.54) is 11.1 Å². The molecule has 0 fully saturated rings. The molecule has 1 atom stereocenters. The summed E-state index contributed by atoms with van der Waals surface area (Å²) in [6, 6.07) is 7.82. The second-order valence-corrected chi connectivity index (χ2v) is 4.58. The summed E-state index contributed by atoms with van der Waals surface area (Å²) < 4.78 is 0. The smallest absolute Gasteiger partial charge is 0.239 e. The zero-order valence-electron chi connectivity index (χ0n) is 11.0. The molecule has 5 heteroatoms. The van der Waals surface area contributed by atoms with Crippen LogP contribution in [0.1, 0.15) is 18.1 Å². The number of nitrogens with one attached hydrogen (secondary N) is 3. The normalized spacial score (nSPS) is 17.4. The lowest BCUT2D eigenvalue weighted by Gasteiger charge is -2.25. The molecule has 0 bridgehead atoms. The monoisotopic (exact) mass is 261 g/mol. The molecule has 3 N–H and O–H groups in total. The zero-order valence-corrected chi connectivity index (χ0v) is 11.0. The lowest BCUT2D eigenvalue weighted by Crippen LogP contribution is -2.49. The van der Waals surface area contributed by atoms with Gasteiger partial charge in [0.25, 0.3) is 0 Å². The molecule has 0 spiro atoms. The Hall–Kier alpha value is -1.88. The summed E-state index contributed by atoms with van der Waals surface area (Å²) in [5.74, 6) is -0.284. The van der Waals surface area contributed by atoms with E-state index < -0.39 is 0 Å². The van der Waals surface area contributed by atoms with E-state index in [0.29, 0.717) is 19.5 Å². The number of fused-ring (bicyclic) bond motifs is 1. The van der Waals surface area contributed by atoms with E-state index in [4.69, 9.17) is 0 Å². The van der Waals surface area contributed by atoms with Crippen LogP contribution in [0.3, 0.4) is 0 Å². The summed E-state index contributed by atoms with van der Waals surface area (Å²) in [6.07, 6.45) is 0.664. The standard InChI is InChI=1S/C14H19N3O2/c1-2-15-13(18)9-17-14(19)12-7-10-5-3-4-6-11(10)8-16-12/h3-6,12,16H,2,7-9H2,1H3,(H,15,18)(H,17,19). The van der Waals surface area contributed by atoms with Gasteiger partial charge in [0.05, 0.1) is 12.6 Å². The highest BCUT2D eigenvalue weighted by molar-refractivity contribution is 5.87. The summed E-state index contributed by atoms with van der Waals surface area (Å²) in [6.45, 7) is 3.14. The number of hydrogen-bond donors (Lipinski definition) is 3. The van der Waals surface area contributed by atoms with Crippen LogP contribution in [-0.2, 0) is 22.6 Å². The van der Waals surface area contributed by atoms with Crippen molar-refractivity contribution in [3.05, 3.63) is 35.4 Å². The second-order valence-electron chi connectivity index (χ2n) is 4.58. The van der Waals surface area contributed by atoms with E-state index in [2.05, 4.69) is 22.0 Å². The van der Waals surface area contributed by atoms with Gasteiger partial charge in [-0.1, -0.05) is 24.3 Å². The molecule has 0 saturated heterocycles. The van der Waals surface area contributed by atoms with Gasteiger partial charge in [0.2, 0.25) is 11.8 Å². The molecule has 1 aliphatic heterocycles. The first kappa shape index (κ1) is 13.5. The van der Waals surface area contributed by atoms with Crippen LogP contribution in [0.2, 0.25) is 0 Å². The molecular weight excluding hydrogens is 242 g/mol. The molecule has 2 amide bonds. The van der Waals surface area contributed by atoms with Crippen molar-refractivity contribution in [1.82, 2.24) is 16.0 Å². The summed E-state index contributed by atoms with van der Waals surface area (Å²) >= 11 is 0. The first-order chi connectivity index (χ1) is 9.20. The van der Waals surface area contributed by atoms with Crippen LogP contribution < -0.4 is 16.0 Å². The van der Waals surface area contributed by atoms with Crippen molar-refractivity contribution in [2.75, 3.05) is 13.1 Å². The van der Waals surface area contributed by atoms with Crippen LogP contribution in [-0.4, -0.2) is 30.9 Å². The molecule has 2 rings (SSSR count). The Bertz CT molecular complexity index is 474. The molecule has 1 aromatic carbocycles. The van der Waals surface area contributed by atoms with Gasteiger partial charge in [0.1, 0.15) is 0 Å². The number of carbonyl (C=O) groups is 2. The molecule has 0 radical (unpaired) electrons. The highest BCUT2D eigenvalue weighted by Crippen LogP contribution is 2.16. The highest BCUT2D eigenvalue weighted by atomic mass is 16.2. The van der Waals surface area contributed by atoms with Gasteiger partial charge in [-0.25, -0.2) is 0 Å². The van der Waals surface area contributed by atoms with E-state index in [1.807, 2.05) is 25.1 Å². The van der Waals surface area contributed by atoms with Gasteiger partial charge in [-0.05, 0) is 24.5 Å². The molecule has 102 valence electrons. The first-order valence-electron chi connectivity index (χ1n) is 6.55. The average Bonchev–Trinajstić information content (AvgIpc) is 2.44. The minimum atomic E-state index is -0.260. The maximum Gasteiger partial charge on any atom is 0.239 e. The Labute approximate surface area is 112 Å². The van der Waals surface area contributed by atoms with Crippen molar-refractivity contribution in [3.8, 4) is 0 Å². The van der Waals surface area contributed by atoms with Gasteiger partial charge in [-0.3, -0.25) is 9.59 Å². The Morgan fingerprint density at radius 1 is 1.26 bits per heavy atom. The molecule has 5 nitrogen and oxygen atoms in total. The number of carbonyl (C=O) groups excluding carboxylic acids is 2. The third kappa shape index (κ3) is 3.54. The fourth-order valence-corrected chi connectivity index (χ4v) is 2.19. The third-order valence-corrected chi connectivity index (χ3v) is 3.19. The van der Waals surface area contributed by atoms with Crippen LogP contribution in [0.25, 0.3) is 0 Å². The first-order valence-corrected chi connectivity index (χ1v) is 6.55. The Kier molecular flexibility index (Phi) is 4.52. The minimum absolute atomic E-state index is 0.0342. The largest absolute Gasteiger partial charge is 0.355 e. The van der Waals surface area contributed by atoms with Gasteiger partial charge in [-0.15, -0.1) is 0 Å². The van der Waals surface area contributed by atoms with Crippen LogP contribution in [0.5, 0.6) is 0 Å². The quantitative estimate of drug-likeness (QED) is 0.712. The van der Waals surface area contributed by atoms with Gasteiger partial charge in [-0.2, -0.15) is 0 Å². The predicted molar refractivity (Wildman–Crippen MR) is 72.5 cm³/mol. The fraction of sp³-hybridized carbons (Fsp3) is 0.429. The molecule has 1 heterocycles. The minimum Gasteiger partial charge on any atom is -0.355 e. The van der Waals surface area contributed by atoms with Crippen molar-refractivity contribution < 1.29 is 9.59 Å². The molecule has 1 unspecified atom stereocenters. The molecular formula is C14H19N3O2. The second kappa shape index (κ2) is 6.33. The SMILES string of the molecule is CCNC(=O)CNC(=O)C1Cc2ccccc2CN1. The topological polar surface area (TPSA) is 70.2 Å². The number of hydrogen-bond acceptors (Lipinski definition) is 3. The summed E-state index contributed by atoms with van der Waals surface area (Å²) in [7, 11) is 0. The average molecular weight is 261 g/mol. The van der Waals surface area contributed by atoms with Gasteiger partial charge in [0, 0.05) is 13.1 Å². The molecule has 0 aromatic heterocycles. The van der Waals surface area contributed by atoms with Gasteiger partial charge < -0.3 is 16.0 Å². The molecule has 1 aromatic rings. The molecule has 0 aliphatic carbocycles. The number of benzene rings is 1. The maximum absolute atomic E-state index is 12.0. The van der Waals surface area contributed by atoms with Crippen molar-refractivity contribution in [2.24, 2.45) is 0 Å². The van der Waals surface area contributed by atoms with E-state index in [0.717, 1.165) is 0 Å². The van der Waals surface area contributed by atoms with Crippen LogP contribution in [0, 0.1) is 0 Å². The molecule has 1 aliphatic rings. The lowest BCUT2D eigenvalue weighted by atomic mass is 9.95. The number of amides is 2. The Morgan fingerprint density at radius 2 is 2.00 bits per heavy atom. The lowest BCUT2D eigenvalue weighted by molar-refractivity contribution is -0.127. The summed E-state index contributed by atoms with van der Waals surface area (Å²) in [5, 5.41) is 8.49. The van der Waals surface area contributed by atoms with E-state index in [-0.39, 0.29) is 24.4 Å². The number of rotatable bonds is 4. The van der Waals surface area contributed by atoms with Crippen LogP contribution in [0.15, 0.2) is 24.3 Å². The van der Waals surface area contributed by atoms with Crippen LogP contribution in [0.4, 0.5) is 0 Å². The van der Waals surface area contributed by atoms with Gasteiger partial charge >= 0.3 is 0 Å². The fourth-order valence-electron chi connectivity index (χ4n) is 2.19. The Morgan fingerprint density at radius 3 is 2.74 bits per heavy atom. The Balaban J connectivity index is 1.87. The molecule has 19 heavy (non-hydrogen) atoms. The van der Waals surface area contributed by atoms with Crippen molar-refractivity contribution in [1.29, 1.82) is 0 Å². The maximum atomic E-state index is 12.0. The third-order valence-electron chi connectivity index (χ3n) is 3.19.